The Morgan fingerprint density at radius 3 is 3.11 bits per heavy atom. The fourth-order valence-corrected chi connectivity index (χ4v) is 0.336. The number of hydrogen-bond donors (Lipinski definition) is 2. The average Bonchev–Trinajstić information content (AvgIpc) is 2.15. The molecule has 3 N–H and O–H groups in total. The minimum Gasteiger partial charge on any atom is -0.351 e. The highest BCUT2D eigenvalue weighted by atomic mass is 16.5. The maximum absolute atomic E-state index is 10.1. The van der Waals surface area contributed by atoms with Crippen LogP contribution < -0.4 is 11.1 Å². The zero-order valence-electron chi connectivity index (χ0n) is 4.37. The smallest absolute Gasteiger partial charge is 0.319 e. The van der Waals surface area contributed by atoms with Crippen LogP contribution in [-0.4, -0.2) is 16.2 Å². The molecule has 6 heteroatoms. The van der Waals surface area contributed by atoms with Crippen molar-refractivity contribution in [1.29, 1.82) is 0 Å². The summed E-state index contributed by atoms with van der Waals surface area (Å²) < 4.78 is 4.28. The zero-order chi connectivity index (χ0) is 6.69. The molecule has 0 aliphatic carbocycles. The average molecular weight is 128 g/mol. The van der Waals surface area contributed by atoms with E-state index in [9.17, 15) is 4.79 Å². The normalized spacial score (nSPS) is 8.89. The summed E-state index contributed by atoms with van der Waals surface area (Å²) in [6.07, 6.45) is 1.09. The second-order valence-electron chi connectivity index (χ2n) is 1.24. The summed E-state index contributed by atoms with van der Waals surface area (Å²) >= 11 is 0. The third-order valence-electron chi connectivity index (χ3n) is 0.596. The van der Waals surface area contributed by atoms with Gasteiger partial charge in [-0.05, 0) is 5.16 Å². The maximum Gasteiger partial charge on any atom is 0.319 e. The van der Waals surface area contributed by atoms with Crippen LogP contribution in [0.1, 0.15) is 0 Å². The summed E-state index contributed by atoms with van der Waals surface area (Å²) in [6, 6.07) is -0.712. The van der Waals surface area contributed by atoms with Gasteiger partial charge in [0.05, 0.1) is 0 Å². The predicted octanol–water partition coefficient (Wildman–Crippen LogP) is -0.440. The molecule has 0 spiro atoms. The fourth-order valence-electron chi connectivity index (χ4n) is 0.336. The first-order valence-corrected chi connectivity index (χ1v) is 2.12. The van der Waals surface area contributed by atoms with Crippen LogP contribution in [-0.2, 0) is 0 Å². The van der Waals surface area contributed by atoms with Crippen molar-refractivity contribution in [1.82, 2.24) is 10.1 Å². The highest BCUT2D eigenvalue weighted by Gasteiger charge is 1.97. The van der Waals surface area contributed by atoms with Gasteiger partial charge < -0.3 is 10.3 Å². The molecule has 0 aromatic carbocycles. The van der Waals surface area contributed by atoms with Crippen LogP contribution >= 0.6 is 0 Å². The van der Waals surface area contributed by atoms with E-state index in [2.05, 4.69) is 20.0 Å². The van der Waals surface area contributed by atoms with E-state index in [1.54, 1.807) is 0 Å². The van der Waals surface area contributed by atoms with Gasteiger partial charge in [0, 0.05) is 0 Å². The lowest BCUT2D eigenvalue weighted by Gasteiger charge is -1.88. The van der Waals surface area contributed by atoms with Gasteiger partial charge in [-0.2, -0.15) is 4.98 Å². The number of amides is 2. The molecule has 0 aliphatic heterocycles. The van der Waals surface area contributed by atoms with Crippen molar-refractivity contribution in [3.05, 3.63) is 6.39 Å². The number of rotatable bonds is 1. The molecular weight excluding hydrogens is 124 g/mol. The summed E-state index contributed by atoms with van der Waals surface area (Å²) in [5.74, 6) is 0.0718. The number of nitrogens with one attached hydrogen (secondary N) is 1. The van der Waals surface area contributed by atoms with Crippen molar-refractivity contribution in [3.8, 4) is 0 Å². The van der Waals surface area contributed by atoms with Crippen molar-refractivity contribution in [2.24, 2.45) is 5.73 Å². The lowest BCUT2D eigenvalue weighted by molar-refractivity contribution is 0.259. The van der Waals surface area contributed by atoms with Gasteiger partial charge >= 0.3 is 6.03 Å². The standard InChI is InChI=1S/C3H4N4O2/c4-2(8)6-3-5-1-9-7-3/h1H,(H3,4,6,7,8). The van der Waals surface area contributed by atoms with E-state index in [1.807, 2.05) is 0 Å². The molecule has 0 radical (unpaired) electrons. The molecule has 0 bridgehead atoms. The third-order valence-corrected chi connectivity index (χ3v) is 0.596. The number of anilines is 1. The van der Waals surface area contributed by atoms with Crippen LogP contribution in [0.25, 0.3) is 0 Å². The van der Waals surface area contributed by atoms with Crippen LogP contribution in [0.2, 0.25) is 0 Å². The van der Waals surface area contributed by atoms with E-state index >= 15 is 0 Å². The first-order chi connectivity index (χ1) is 4.29. The Kier molecular flexibility index (Phi) is 1.31. The molecule has 1 aromatic rings. The second-order valence-corrected chi connectivity index (χ2v) is 1.24. The number of carbonyl (C=O) groups excluding carboxylic acids is 1. The van der Waals surface area contributed by atoms with Gasteiger partial charge in [-0.1, -0.05) is 0 Å². The van der Waals surface area contributed by atoms with E-state index in [4.69, 9.17) is 5.73 Å². The van der Waals surface area contributed by atoms with Crippen molar-refractivity contribution in [2.75, 3.05) is 5.32 Å². The monoisotopic (exact) mass is 128 g/mol. The lowest BCUT2D eigenvalue weighted by atomic mass is 10.9. The second kappa shape index (κ2) is 2.12. The largest absolute Gasteiger partial charge is 0.351 e. The van der Waals surface area contributed by atoms with Gasteiger partial charge in [0.2, 0.25) is 6.39 Å². The quantitative estimate of drug-likeness (QED) is 0.536. The minimum atomic E-state index is -0.712. The van der Waals surface area contributed by atoms with E-state index in [0.717, 1.165) is 6.39 Å². The van der Waals surface area contributed by atoms with Gasteiger partial charge in [-0.15, -0.1) is 0 Å². The van der Waals surface area contributed by atoms with Crippen molar-refractivity contribution in [3.63, 3.8) is 0 Å². The molecular formula is C3H4N4O2. The molecule has 0 atom stereocenters. The molecule has 9 heavy (non-hydrogen) atoms. The molecule has 48 valence electrons. The van der Waals surface area contributed by atoms with E-state index in [1.165, 1.54) is 0 Å². The number of urea groups is 1. The first kappa shape index (κ1) is 5.54. The third kappa shape index (κ3) is 1.41. The number of hydrogen-bond acceptors (Lipinski definition) is 4. The molecule has 6 nitrogen and oxygen atoms in total. The van der Waals surface area contributed by atoms with E-state index < -0.39 is 6.03 Å². The molecule has 0 unspecified atom stereocenters. The zero-order valence-corrected chi connectivity index (χ0v) is 4.37. The fraction of sp³-hybridized carbons (Fsp3) is 0. The highest BCUT2D eigenvalue weighted by Crippen LogP contribution is 1.91. The molecule has 1 heterocycles. The van der Waals surface area contributed by atoms with Crippen LogP contribution in [0.15, 0.2) is 10.9 Å². The molecule has 0 aliphatic rings. The number of primary amides is 1. The molecule has 1 aromatic heterocycles. The topological polar surface area (TPSA) is 94.0 Å². The van der Waals surface area contributed by atoms with Gasteiger partial charge in [-0.3, -0.25) is 5.32 Å². The lowest BCUT2D eigenvalue weighted by Crippen LogP contribution is -2.19. The SMILES string of the molecule is NC(=O)Nc1ncon1. The van der Waals surface area contributed by atoms with Gasteiger partial charge in [0.1, 0.15) is 0 Å². The van der Waals surface area contributed by atoms with E-state index in [-0.39, 0.29) is 5.95 Å². The summed E-state index contributed by atoms with van der Waals surface area (Å²) in [5, 5.41) is 5.37. The van der Waals surface area contributed by atoms with Crippen LogP contribution in [0.4, 0.5) is 10.7 Å². The van der Waals surface area contributed by atoms with Crippen molar-refractivity contribution < 1.29 is 9.32 Å². The van der Waals surface area contributed by atoms with Crippen molar-refractivity contribution >= 4 is 12.0 Å². The number of nitrogens with zero attached hydrogens (tertiary/aromatic N) is 2. The molecule has 1 rings (SSSR count). The number of carbonyl (C=O) groups is 1. The Balaban J connectivity index is 2.58. The number of aromatic nitrogens is 2. The van der Waals surface area contributed by atoms with Gasteiger partial charge in [0.25, 0.3) is 5.95 Å². The van der Waals surface area contributed by atoms with Crippen LogP contribution in [0.5, 0.6) is 0 Å². The van der Waals surface area contributed by atoms with Crippen molar-refractivity contribution in [2.45, 2.75) is 0 Å². The van der Waals surface area contributed by atoms with E-state index in [0.29, 0.717) is 0 Å². The first-order valence-electron chi connectivity index (χ1n) is 2.12. The van der Waals surface area contributed by atoms with Crippen LogP contribution in [0, 0.1) is 0 Å². The van der Waals surface area contributed by atoms with Crippen LogP contribution in [0.3, 0.4) is 0 Å². The minimum absolute atomic E-state index is 0.0718. The summed E-state index contributed by atoms with van der Waals surface area (Å²) in [7, 11) is 0. The summed E-state index contributed by atoms with van der Waals surface area (Å²) in [6.45, 7) is 0. The Labute approximate surface area is 50.0 Å². The highest BCUT2D eigenvalue weighted by molar-refractivity contribution is 5.85. The molecule has 0 saturated carbocycles. The Bertz CT molecular complexity index is 194. The summed E-state index contributed by atoms with van der Waals surface area (Å²) in [5.41, 5.74) is 4.71. The van der Waals surface area contributed by atoms with Gasteiger partial charge in [-0.25, -0.2) is 4.79 Å². The summed E-state index contributed by atoms with van der Waals surface area (Å²) in [4.78, 5) is 13.5. The Hall–Kier alpha value is -1.59. The number of nitrogens with two attached hydrogens (primary N) is 1. The Morgan fingerprint density at radius 2 is 2.67 bits per heavy atom. The van der Waals surface area contributed by atoms with Gasteiger partial charge in [0.15, 0.2) is 0 Å². The molecule has 0 fully saturated rings. The molecule has 2 amide bonds. The Morgan fingerprint density at radius 1 is 1.89 bits per heavy atom. The maximum atomic E-state index is 10.1. The molecule has 0 saturated heterocycles. The predicted molar refractivity (Wildman–Crippen MR) is 27.5 cm³/mol.